The summed E-state index contributed by atoms with van der Waals surface area (Å²) in [5.74, 6) is -1.81. The topological polar surface area (TPSA) is 98.1 Å². The quantitative estimate of drug-likeness (QED) is 0.631. The molecule has 0 aromatic heterocycles. The van der Waals surface area contributed by atoms with Crippen molar-refractivity contribution in [1.82, 2.24) is 4.90 Å². The maximum atomic E-state index is 12.0. The van der Waals surface area contributed by atoms with Gasteiger partial charge in [0.25, 0.3) is 0 Å². The standard InChI is InChI=1S/C19H27NO5/c21-16-10-13-20(12-5-9-17(22)23)14-19(16,18(24)25)11-4-8-15-6-2-1-3-7-15/h1-3,6-7,16,21H,4-5,8-14H2,(H,22,23)(H,24,25)/t16-,19+/m0/s1. The fraction of sp³-hybridized carbons (Fsp3) is 0.579. The van der Waals surface area contributed by atoms with Crippen LogP contribution in [0.5, 0.6) is 0 Å². The van der Waals surface area contributed by atoms with Crippen LogP contribution in [0.25, 0.3) is 0 Å². The van der Waals surface area contributed by atoms with Crippen molar-refractivity contribution in [2.24, 2.45) is 5.41 Å². The van der Waals surface area contributed by atoms with Crippen LogP contribution in [0.3, 0.4) is 0 Å². The first-order valence-corrected chi connectivity index (χ1v) is 8.83. The zero-order valence-electron chi connectivity index (χ0n) is 14.4. The second-order valence-corrected chi connectivity index (χ2v) is 6.88. The van der Waals surface area contributed by atoms with Gasteiger partial charge < -0.3 is 20.2 Å². The Bertz CT molecular complexity index is 576. The molecule has 0 aliphatic carbocycles. The van der Waals surface area contributed by atoms with Gasteiger partial charge in [-0.15, -0.1) is 0 Å². The Morgan fingerprint density at radius 2 is 1.88 bits per heavy atom. The minimum absolute atomic E-state index is 0.0765. The summed E-state index contributed by atoms with van der Waals surface area (Å²) < 4.78 is 0. The van der Waals surface area contributed by atoms with Crippen molar-refractivity contribution in [3.05, 3.63) is 35.9 Å². The molecule has 1 aromatic carbocycles. The summed E-state index contributed by atoms with van der Waals surface area (Å²) in [6, 6.07) is 9.90. The number of benzene rings is 1. The van der Waals surface area contributed by atoms with Gasteiger partial charge in [-0.3, -0.25) is 9.59 Å². The molecule has 0 amide bonds. The van der Waals surface area contributed by atoms with Crippen molar-refractivity contribution < 1.29 is 24.9 Å². The van der Waals surface area contributed by atoms with Gasteiger partial charge in [0.2, 0.25) is 0 Å². The lowest BCUT2D eigenvalue weighted by atomic mass is 9.73. The van der Waals surface area contributed by atoms with Gasteiger partial charge in [0.1, 0.15) is 5.41 Å². The lowest BCUT2D eigenvalue weighted by Crippen LogP contribution is -2.56. The van der Waals surface area contributed by atoms with E-state index in [1.54, 1.807) is 0 Å². The lowest BCUT2D eigenvalue weighted by molar-refractivity contribution is -0.164. The van der Waals surface area contributed by atoms with Gasteiger partial charge in [-0.05, 0) is 44.2 Å². The highest BCUT2D eigenvalue weighted by atomic mass is 16.4. The normalized spacial score (nSPS) is 24.1. The highest BCUT2D eigenvalue weighted by Crippen LogP contribution is 2.36. The van der Waals surface area contributed by atoms with Crippen molar-refractivity contribution in [3.63, 3.8) is 0 Å². The molecule has 2 rings (SSSR count). The predicted octanol–water partition coefficient (Wildman–Crippen LogP) is 2.01. The van der Waals surface area contributed by atoms with Crippen LogP contribution in [0.4, 0.5) is 0 Å². The minimum atomic E-state index is -1.17. The molecule has 1 aliphatic rings. The molecule has 1 fully saturated rings. The molecule has 1 aromatic rings. The Balaban J connectivity index is 1.96. The average molecular weight is 349 g/mol. The first-order chi connectivity index (χ1) is 11.9. The van der Waals surface area contributed by atoms with E-state index in [1.165, 1.54) is 0 Å². The van der Waals surface area contributed by atoms with E-state index in [1.807, 2.05) is 35.2 Å². The number of aliphatic hydroxyl groups is 1. The van der Waals surface area contributed by atoms with Gasteiger partial charge >= 0.3 is 11.9 Å². The fourth-order valence-corrected chi connectivity index (χ4v) is 3.62. The summed E-state index contributed by atoms with van der Waals surface area (Å²) in [4.78, 5) is 24.6. The van der Waals surface area contributed by atoms with Gasteiger partial charge in [-0.25, -0.2) is 0 Å². The molecule has 0 unspecified atom stereocenters. The number of aliphatic hydroxyl groups excluding tert-OH is 1. The number of aryl methyl sites for hydroxylation is 1. The van der Waals surface area contributed by atoms with E-state index >= 15 is 0 Å². The maximum absolute atomic E-state index is 12.0. The molecule has 0 spiro atoms. The average Bonchev–Trinajstić information content (AvgIpc) is 2.58. The van der Waals surface area contributed by atoms with Crippen LogP contribution < -0.4 is 0 Å². The number of rotatable bonds is 9. The molecular formula is C19H27NO5. The third-order valence-electron chi connectivity index (χ3n) is 5.08. The van der Waals surface area contributed by atoms with E-state index < -0.39 is 23.5 Å². The van der Waals surface area contributed by atoms with Crippen LogP contribution in [0, 0.1) is 5.41 Å². The zero-order chi connectivity index (χ0) is 18.3. The Hall–Kier alpha value is -1.92. The molecular weight excluding hydrogens is 322 g/mol. The summed E-state index contributed by atoms with van der Waals surface area (Å²) in [5, 5.41) is 29.0. The zero-order valence-corrected chi connectivity index (χ0v) is 14.4. The minimum Gasteiger partial charge on any atom is -0.481 e. The monoisotopic (exact) mass is 349 g/mol. The van der Waals surface area contributed by atoms with E-state index in [2.05, 4.69) is 0 Å². The number of likely N-dealkylation sites (tertiary alicyclic amines) is 1. The van der Waals surface area contributed by atoms with Gasteiger partial charge in [0, 0.05) is 19.5 Å². The molecule has 1 saturated heterocycles. The largest absolute Gasteiger partial charge is 0.481 e. The SMILES string of the molecule is O=C(O)CCCN1CC[C@H](O)[C@](CCCc2ccccc2)(C(=O)O)C1. The molecule has 0 radical (unpaired) electrons. The van der Waals surface area contributed by atoms with Crippen molar-refractivity contribution in [3.8, 4) is 0 Å². The Morgan fingerprint density at radius 1 is 1.16 bits per heavy atom. The number of piperidine rings is 1. The van der Waals surface area contributed by atoms with Gasteiger partial charge in [0.15, 0.2) is 0 Å². The number of aliphatic carboxylic acids is 2. The third kappa shape index (κ3) is 5.28. The molecule has 6 nitrogen and oxygen atoms in total. The van der Waals surface area contributed by atoms with E-state index in [4.69, 9.17) is 5.11 Å². The number of carbonyl (C=O) groups is 2. The third-order valence-corrected chi connectivity index (χ3v) is 5.08. The second-order valence-electron chi connectivity index (χ2n) is 6.88. The molecule has 0 saturated carbocycles. The molecule has 138 valence electrons. The van der Waals surface area contributed by atoms with E-state index in [-0.39, 0.29) is 13.0 Å². The number of carboxylic acid groups (broad SMARTS) is 2. The summed E-state index contributed by atoms with van der Waals surface area (Å²) in [5.41, 5.74) is -0.0114. The van der Waals surface area contributed by atoms with E-state index in [0.29, 0.717) is 38.8 Å². The summed E-state index contributed by atoms with van der Waals surface area (Å²) >= 11 is 0. The van der Waals surface area contributed by atoms with Crippen LogP contribution in [0.1, 0.15) is 37.7 Å². The number of carboxylic acids is 2. The first-order valence-electron chi connectivity index (χ1n) is 8.83. The van der Waals surface area contributed by atoms with E-state index in [0.717, 1.165) is 12.0 Å². The van der Waals surface area contributed by atoms with Crippen LogP contribution in [0.15, 0.2) is 30.3 Å². The Kier molecular flexibility index (Phi) is 6.96. The van der Waals surface area contributed by atoms with Gasteiger partial charge in [-0.1, -0.05) is 30.3 Å². The number of hydrogen-bond acceptors (Lipinski definition) is 4. The van der Waals surface area contributed by atoms with Crippen molar-refractivity contribution in [1.29, 1.82) is 0 Å². The van der Waals surface area contributed by atoms with Crippen molar-refractivity contribution >= 4 is 11.9 Å². The summed E-state index contributed by atoms with van der Waals surface area (Å²) in [6.07, 6.45) is 1.99. The van der Waals surface area contributed by atoms with Crippen molar-refractivity contribution in [2.75, 3.05) is 19.6 Å². The lowest BCUT2D eigenvalue weighted by Gasteiger charge is -2.43. The Morgan fingerprint density at radius 3 is 2.52 bits per heavy atom. The maximum Gasteiger partial charge on any atom is 0.313 e. The van der Waals surface area contributed by atoms with E-state index in [9.17, 15) is 19.8 Å². The van der Waals surface area contributed by atoms with Crippen LogP contribution in [0.2, 0.25) is 0 Å². The molecule has 1 aliphatic heterocycles. The van der Waals surface area contributed by atoms with Crippen molar-refractivity contribution in [2.45, 2.75) is 44.6 Å². The van der Waals surface area contributed by atoms with Crippen LogP contribution in [-0.4, -0.2) is 57.9 Å². The molecule has 6 heteroatoms. The fourth-order valence-electron chi connectivity index (χ4n) is 3.62. The molecule has 1 heterocycles. The summed E-state index contributed by atoms with van der Waals surface area (Å²) in [6.45, 7) is 1.43. The number of hydrogen-bond donors (Lipinski definition) is 3. The van der Waals surface area contributed by atoms with Gasteiger partial charge in [-0.2, -0.15) is 0 Å². The molecule has 0 bridgehead atoms. The smallest absolute Gasteiger partial charge is 0.313 e. The molecule has 3 N–H and O–H groups in total. The molecule has 2 atom stereocenters. The second kappa shape index (κ2) is 8.97. The highest BCUT2D eigenvalue weighted by molar-refractivity contribution is 5.76. The predicted molar refractivity (Wildman–Crippen MR) is 93.4 cm³/mol. The molecule has 25 heavy (non-hydrogen) atoms. The highest BCUT2D eigenvalue weighted by Gasteiger charge is 2.48. The Labute approximate surface area is 148 Å². The van der Waals surface area contributed by atoms with Gasteiger partial charge in [0.05, 0.1) is 6.10 Å². The van der Waals surface area contributed by atoms with Crippen LogP contribution in [-0.2, 0) is 16.0 Å². The van der Waals surface area contributed by atoms with Crippen LogP contribution >= 0.6 is 0 Å². The number of nitrogens with zero attached hydrogens (tertiary/aromatic N) is 1. The first kappa shape index (κ1) is 19.4. The summed E-state index contributed by atoms with van der Waals surface area (Å²) in [7, 11) is 0.